The first-order valence-corrected chi connectivity index (χ1v) is 9.00. The molecule has 3 aromatic carbocycles. The second kappa shape index (κ2) is 7.31. The zero-order valence-electron chi connectivity index (χ0n) is 16.1. The van der Waals surface area contributed by atoms with Gasteiger partial charge in [-0.1, -0.05) is 63.2 Å². The van der Waals surface area contributed by atoms with Crippen molar-refractivity contribution in [3.8, 4) is 11.5 Å². The average Bonchev–Trinajstić information content (AvgIpc) is 2.67. The molecule has 0 unspecified atom stereocenters. The molecule has 0 heterocycles. The maximum atomic E-state index is 13.2. The minimum atomic E-state index is -0.450. The quantitative estimate of drug-likeness (QED) is 0.640. The molecule has 3 aromatic rings. The van der Waals surface area contributed by atoms with E-state index in [-0.39, 0.29) is 39.2 Å². The Labute approximate surface area is 164 Å². The minimum Gasteiger partial charge on any atom is -0.507 e. The minimum absolute atomic E-state index is 0.121. The topological polar surface area (TPSA) is 74.6 Å². The van der Waals surface area contributed by atoms with Crippen molar-refractivity contribution in [1.82, 2.24) is 0 Å². The molecule has 0 saturated heterocycles. The standard InChI is InChI=1S/C24H22O4/c1-24(2,3)15-12-13-21(26)19(14-15)23(28)17-9-5-4-8-16(17)22(27)18-10-6-7-11-20(18)25/h4-14,25-26H,1-3H3. The smallest absolute Gasteiger partial charge is 0.197 e. The fourth-order valence-electron chi connectivity index (χ4n) is 3.02. The molecule has 142 valence electrons. The summed E-state index contributed by atoms with van der Waals surface area (Å²) < 4.78 is 0. The van der Waals surface area contributed by atoms with E-state index in [1.807, 2.05) is 20.8 Å². The van der Waals surface area contributed by atoms with E-state index in [9.17, 15) is 19.8 Å². The summed E-state index contributed by atoms with van der Waals surface area (Å²) in [6.07, 6.45) is 0. The molecule has 0 aliphatic carbocycles. The fraction of sp³-hybridized carbons (Fsp3) is 0.167. The number of carbonyl (C=O) groups is 2. The molecular formula is C24H22O4. The van der Waals surface area contributed by atoms with E-state index in [1.165, 1.54) is 18.2 Å². The molecule has 0 bridgehead atoms. The molecule has 4 nitrogen and oxygen atoms in total. The van der Waals surface area contributed by atoms with Crippen molar-refractivity contribution in [2.24, 2.45) is 0 Å². The van der Waals surface area contributed by atoms with Crippen molar-refractivity contribution in [1.29, 1.82) is 0 Å². The normalized spacial score (nSPS) is 11.2. The van der Waals surface area contributed by atoms with E-state index in [0.29, 0.717) is 0 Å². The van der Waals surface area contributed by atoms with Gasteiger partial charge in [0.25, 0.3) is 0 Å². The fourth-order valence-corrected chi connectivity index (χ4v) is 3.02. The van der Waals surface area contributed by atoms with Crippen molar-refractivity contribution in [2.75, 3.05) is 0 Å². The molecule has 3 rings (SSSR count). The SMILES string of the molecule is CC(C)(C)c1ccc(O)c(C(=O)c2ccccc2C(=O)c2ccccc2O)c1. The molecule has 28 heavy (non-hydrogen) atoms. The van der Waals surface area contributed by atoms with E-state index in [4.69, 9.17) is 0 Å². The van der Waals surface area contributed by atoms with Crippen LogP contribution >= 0.6 is 0 Å². The van der Waals surface area contributed by atoms with Crippen LogP contribution in [0.4, 0.5) is 0 Å². The largest absolute Gasteiger partial charge is 0.507 e. The lowest BCUT2D eigenvalue weighted by Crippen LogP contribution is -2.14. The number of benzene rings is 3. The predicted octanol–water partition coefficient (Wildman–Crippen LogP) is 4.86. The van der Waals surface area contributed by atoms with Crippen LogP contribution in [0.15, 0.2) is 66.7 Å². The highest BCUT2D eigenvalue weighted by Crippen LogP contribution is 2.30. The number of carbonyl (C=O) groups excluding carboxylic acids is 2. The molecule has 2 N–H and O–H groups in total. The third kappa shape index (κ3) is 3.67. The number of hydrogen-bond acceptors (Lipinski definition) is 4. The molecule has 0 aliphatic heterocycles. The van der Waals surface area contributed by atoms with Gasteiger partial charge in [-0.15, -0.1) is 0 Å². The maximum absolute atomic E-state index is 13.2. The predicted molar refractivity (Wildman–Crippen MR) is 108 cm³/mol. The monoisotopic (exact) mass is 374 g/mol. The molecule has 0 atom stereocenters. The summed E-state index contributed by atoms with van der Waals surface area (Å²) in [5, 5.41) is 20.3. The summed E-state index contributed by atoms with van der Waals surface area (Å²) in [6.45, 7) is 6.05. The van der Waals surface area contributed by atoms with Gasteiger partial charge in [0.15, 0.2) is 11.6 Å². The van der Waals surface area contributed by atoms with Crippen LogP contribution in [0.1, 0.15) is 58.2 Å². The van der Waals surface area contributed by atoms with Gasteiger partial charge in [-0.2, -0.15) is 0 Å². The molecule has 0 aromatic heterocycles. The summed E-state index contributed by atoms with van der Waals surface area (Å²) in [5.74, 6) is -1.17. The van der Waals surface area contributed by atoms with Gasteiger partial charge in [-0.05, 0) is 35.2 Å². The Balaban J connectivity index is 2.10. The van der Waals surface area contributed by atoms with Crippen molar-refractivity contribution in [3.05, 3.63) is 94.5 Å². The van der Waals surface area contributed by atoms with Crippen LogP contribution < -0.4 is 0 Å². The Morgan fingerprint density at radius 3 is 1.64 bits per heavy atom. The number of phenolic OH excluding ortho intramolecular Hbond substituents is 2. The number of rotatable bonds is 4. The maximum Gasteiger partial charge on any atom is 0.197 e. The van der Waals surface area contributed by atoms with E-state index in [2.05, 4.69) is 0 Å². The first kappa shape index (κ1) is 19.4. The summed E-state index contributed by atoms with van der Waals surface area (Å²) in [5.41, 5.74) is 1.32. The van der Waals surface area contributed by atoms with Crippen LogP contribution in [0.25, 0.3) is 0 Å². The van der Waals surface area contributed by atoms with Gasteiger partial charge in [0, 0.05) is 11.1 Å². The van der Waals surface area contributed by atoms with Crippen LogP contribution in [-0.4, -0.2) is 21.8 Å². The Morgan fingerprint density at radius 2 is 1.11 bits per heavy atom. The molecule has 0 radical (unpaired) electrons. The van der Waals surface area contributed by atoms with Gasteiger partial charge in [0.2, 0.25) is 0 Å². The highest BCUT2D eigenvalue weighted by Gasteiger charge is 2.24. The molecule has 0 fully saturated rings. The number of hydrogen-bond donors (Lipinski definition) is 2. The highest BCUT2D eigenvalue weighted by atomic mass is 16.3. The zero-order valence-corrected chi connectivity index (χ0v) is 16.1. The van der Waals surface area contributed by atoms with Crippen molar-refractivity contribution >= 4 is 11.6 Å². The van der Waals surface area contributed by atoms with Crippen LogP contribution in [-0.2, 0) is 5.41 Å². The lowest BCUT2D eigenvalue weighted by Gasteiger charge is -2.20. The third-order valence-electron chi connectivity index (χ3n) is 4.67. The van der Waals surface area contributed by atoms with E-state index < -0.39 is 11.6 Å². The number of aromatic hydroxyl groups is 2. The summed E-state index contributed by atoms with van der Waals surface area (Å²) in [7, 11) is 0. The third-order valence-corrected chi connectivity index (χ3v) is 4.67. The van der Waals surface area contributed by atoms with Crippen molar-refractivity contribution < 1.29 is 19.8 Å². The van der Waals surface area contributed by atoms with Crippen LogP contribution in [0.3, 0.4) is 0 Å². The van der Waals surface area contributed by atoms with Gasteiger partial charge in [0.05, 0.1) is 11.1 Å². The number of para-hydroxylation sites is 1. The summed E-state index contributed by atoms with van der Waals surface area (Å²) >= 11 is 0. The summed E-state index contributed by atoms with van der Waals surface area (Å²) in [6, 6.07) is 17.6. The Morgan fingerprint density at radius 1 is 0.643 bits per heavy atom. The molecular weight excluding hydrogens is 352 g/mol. The Kier molecular flexibility index (Phi) is 5.06. The van der Waals surface area contributed by atoms with Crippen LogP contribution in [0, 0.1) is 0 Å². The van der Waals surface area contributed by atoms with Gasteiger partial charge in [0.1, 0.15) is 11.5 Å². The molecule has 0 aliphatic rings. The molecule has 4 heteroatoms. The van der Waals surface area contributed by atoms with Gasteiger partial charge in [-0.3, -0.25) is 9.59 Å². The second-order valence-electron chi connectivity index (χ2n) is 7.70. The Bertz CT molecular complexity index is 1060. The van der Waals surface area contributed by atoms with E-state index in [1.54, 1.807) is 48.5 Å². The number of phenols is 2. The zero-order chi connectivity index (χ0) is 20.5. The second-order valence-corrected chi connectivity index (χ2v) is 7.70. The van der Waals surface area contributed by atoms with Gasteiger partial charge < -0.3 is 10.2 Å². The number of ketones is 2. The average molecular weight is 374 g/mol. The first-order chi connectivity index (χ1) is 13.2. The molecule has 0 saturated carbocycles. The highest BCUT2D eigenvalue weighted by molar-refractivity contribution is 6.20. The first-order valence-electron chi connectivity index (χ1n) is 9.00. The van der Waals surface area contributed by atoms with Gasteiger partial charge in [-0.25, -0.2) is 0 Å². The lowest BCUT2D eigenvalue weighted by atomic mass is 9.84. The molecule has 0 spiro atoms. The molecule has 0 amide bonds. The lowest BCUT2D eigenvalue weighted by molar-refractivity contribution is 0.1000. The van der Waals surface area contributed by atoms with Crippen molar-refractivity contribution in [3.63, 3.8) is 0 Å². The van der Waals surface area contributed by atoms with E-state index >= 15 is 0 Å². The van der Waals surface area contributed by atoms with Crippen LogP contribution in [0.5, 0.6) is 11.5 Å². The van der Waals surface area contributed by atoms with Crippen LogP contribution in [0.2, 0.25) is 0 Å². The Hall–Kier alpha value is -3.40. The van der Waals surface area contributed by atoms with Gasteiger partial charge >= 0.3 is 0 Å². The summed E-state index contributed by atoms with van der Waals surface area (Å²) in [4.78, 5) is 26.2. The van der Waals surface area contributed by atoms with Crippen molar-refractivity contribution in [2.45, 2.75) is 26.2 Å². The van der Waals surface area contributed by atoms with E-state index in [0.717, 1.165) is 5.56 Å².